The second-order valence-corrected chi connectivity index (χ2v) is 6.61. The van der Waals surface area contributed by atoms with E-state index in [-0.39, 0.29) is 6.03 Å². The zero-order chi connectivity index (χ0) is 17.1. The molecule has 132 valence electrons. The van der Waals surface area contributed by atoms with Crippen molar-refractivity contribution in [3.05, 3.63) is 30.9 Å². The number of urea groups is 1. The number of carbonyl (C=O) groups is 1. The first kappa shape index (κ1) is 16.0. The quantitative estimate of drug-likeness (QED) is 0.920. The number of nitrogens with zero attached hydrogens (tertiary/aromatic N) is 6. The van der Waals surface area contributed by atoms with Gasteiger partial charge in [0.05, 0.1) is 18.1 Å². The van der Waals surface area contributed by atoms with Crippen molar-refractivity contribution in [2.75, 3.05) is 31.5 Å². The molecule has 0 atom stereocenters. The first-order valence-corrected chi connectivity index (χ1v) is 8.91. The molecule has 8 nitrogen and oxygen atoms in total. The maximum atomic E-state index is 12.5. The fourth-order valence-electron chi connectivity index (χ4n) is 3.67. The normalized spacial score (nSPS) is 19.3. The highest BCUT2D eigenvalue weighted by Gasteiger charge is 2.27. The van der Waals surface area contributed by atoms with Gasteiger partial charge in [0.1, 0.15) is 0 Å². The van der Waals surface area contributed by atoms with E-state index >= 15 is 0 Å². The molecule has 2 aromatic heterocycles. The molecule has 0 unspecified atom stereocenters. The van der Waals surface area contributed by atoms with Gasteiger partial charge in [0.15, 0.2) is 0 Å². The molecule has 0 aromatic carbocycles. The third-order valence-electron chi connectivity index (χ3n) is 5.03. The minimum atomic E-state index is -0.0698. The zero-order valence-corrected chi connectivity index (χ0v) is 14.2. The first-order valence-electron chi connectivity index (χ1n) is 8.91. The summed E-state index contributed by atoms with van der Waals surface area (Å²) in [7, 11) is 0. The molecule has 4 rings (SSSR count). The van der Waals surface area contributed by atoms with Crippen LogP contribution in [0.3, 0.4) is 0 Å². The highest BCUT2D eigenvalue weighted by molar-refractivity contribution is 5.89. The first-order chi connectivity index (χ1) is 12.3. The van der Waals surface area contributed by atoms with Gasteiger partial charge in [0.2, 0.25) is 5.95 Å². The lowest BCUT2D eigenvalue weighted by Crippen LogP contribution is -2.52. The number of amides is 2. The number of aromatic nitrogens is 4. The van der Waals surface area contributed by atoms with Gasteiger partial charge in [-0.25, -0.2) is 19.4 Å². The predicted molar refractivity (Wildman–Crippen MR) is 93.6 cm³/mol. The lowest BCUT2D eigenvalue weighted by molar-refractivity contribution is 0.115. The van der Waals surface area contributed by atoms with Crippen LogP contribution in [0.1, 0.15) is 25.7 Å². The average Bonchev–Trinajstić information content (AvgIpc) is 3.35. The van der Waals surface area contributed by atoms with Gasteiger partial charge in [0, 0.05) is 44.6 Å². The minimum Gasteiger partial charge on any atom is -0.322 e. The van der Waals surface area contributed by atoms with Gasteiger partial charge in [-0.1, -0.05) is 12.8 Å². The predicted octanol–water partition coefficient (Wildman–Crippen LogP) is 1.75. The molecule has 2 aliphatic rings. The number of carbonyl (C=O) groups excluding carboxylic acids is 1. The Bertz CT molecular complexity index is 703. The van der Waals surface area contributed by atoms with Gasteiger partial charge in [0.25, 0.3) is 0 Å². The molecule has 1 N–H and O–H groups in total. The van der Waals surface area contributed by atoms with Crippen LogP contribution >= 0.6 is 0 Å². The van der Waals surface area contributed by atoms with Gasteiger partial charge < -0.3 is 10.2 Å². The smallest absolute Gasteiger partial charge is 0.322 e. The van der Waals surface area contributed by atoms with Gasteiger partial charge in [-0.05, 0) is 18.9 Å². The van der Waals surface area contributed by atoms with E-state index in [0.29, 0.717) is 11.6 Å². The van der Waals surface area contributed by atoms with Gasteiger partial charge in [-0.3, -0.25) is 4.90 Å². The molecule has 0 radical (unpaired) electrons. The Hall–Kier alpha value is -2.48. The summed E-state index contributed by atoms with van der Waals surface area (Å²) < 4.78 is 1.55. The van der Waals surface area contributed by atoms with Crippen LogP contribution in [0, 0.1) is 0 Å². The summed E-state index contributed by atoms with van der Waals surface area (Å²) in [6.45, 7) is 3.49. The van der Waals surface area contributed by atoms with Gasteiger partial charge >= 0.3 is 6.03 Å². The highest BCUT2D eigenvalue weighted by atomic mass is 16.2. The average molecular weight is 341 g/mol. The Morgan fingerprint density at radius 3 is 2.52 bits per heavy atom. The molecule has 0 bridgehead atoms. The summed E-state index contributed by atoms with van der Waals surface area (Å²) in [5.41, 5.74) is 0.649. The molecular weight excluding hydrogens is 318 g/mol. The SMILES string of the molecule is O=C(Nc1cnn(-c2ncccn2)c1)N1CCN(C2CCCC2)CC1. The second kappa shape index (κ2) is 7.18. The fraction of sp³-hybridized carbons (Fsp3) is 0.529. The highest BCUT2D eigenvalue weighted by Crippen LogP contribution is 2.24. The van der Waals surface area contributed by atoms with E-state index in [9.17, 15) is 4.79 Å². The second-order valence-electron chi connectivity index (χ2n) is 6.61. The standard InChI is InChI=1S/C17H23N7O/c25-17(23-10-8-22(9-11-23)15-4-1-2-5-15)21-14-12-20-24(13-14)16-18-6-3-7-19-16/h3,6-7,12-13,15H,1-2,4-5,8-11H2,(H,21,25). The lowest BCUT2D eigenvalue weighted by atomic mass is 10.2. The van der Waals surface area contributed by atoms with Crippen molar-refractivity contribution in [2.24, 2.45) is 0 Å². The molecule has 3 heterocycles. The molecule has 8 heteroatoms. The molecule has 0 spiro atoms. The molecule has 25 heavy (non-hydrogen) atoms. The monoisotopic (exact) mass is 341 g/mol. The van der Waals surface area contributed by atoms with Crippen molar-refractivity contribution in [3.8, 4) is 5.95 Å². The molecule has 1 saturated heterocycles. The van der Waals surface area contributed by atoms with E-state index in [1.165, 1.54) is 25.7 Å². The summed E-state index contributed by atoms with van der Waals surface area (Å²) in [6.07, 6.45) is 12.0. The summed E-state index contributed by atoms with van der Waals surface area (Å²) in [5, 5.41) is 7.11. The maximum Gasteiger partial charge on any atom is 0.322 e. The minimum absolute atomic E-state index is 0.0698. The number of hydrogen-bond donors (Lipinski definition) is 1. The van der Waals surface area contributed by atoms with E-state index in [1.54, 1.807) is 35.5 Å². The molecule has 2 fully saturated rings. The van der Waals surface area contributed by atoms with Gasteiger partial charge in [-0.15, -0.1) is 0 Å². The summed E-state index contributed by atoms with van der Waals surface area (Å²) in [5.74, 6) is 0.480. The topological polar surface area (TPSA) is 79.2 Å². The van der Waals surface area contributed by atoms with Crippen LogP contribution in [0.2, 0.25) is 0 Å². The molecular formula is C17H23N7O. The lowest BCUT2D eigenvalue weighted by Gasteiger charge is -2.37. The summed E-state index contributed by atoms with van der Waals surface area (Å²) in [6, 6.07) is 2.41. The molecule has 1 saturated carbocycles. The number of nitrogens with one attached hydrogen (secondary N) is 1. The van der Waals surface area contributed by atoms with Crippen LogP contribution in [0.25, 0.3) is 5.95 Å². The maximum absolute atomic E-state index is 12.5. The Morgan fingerprint density at radius 2 is 1.80 bits per heavy atom. The number of hydrogen-bond acceptors (Lipinski definition) is 5. The van der Waals surface area contributed by atoms with Crippen molar-refractivity contribution < 1.29 is 4.79 Å². The van der Waals surface area contributed by atoms with Crippen LogP contribution in [0.4, 0.5) is 10.5 Å². The van der Waals surface area contributed by atoms with Gasteiger partial charge in [-0.2, -0.15) is 5.10 Å². The van der Waals surface area contributed by atoms with Crippen molar-refractivity contribution in [2.45, 2.75) is 31.7 Å². The fourth-order valence-corrected chi connectivity index (χ4v) is 3.67. The summed E-state index contributed by atoms with van der Waals surface area (Å²) >= 11 is 0. The molecule has 2 amide bonds. The molecule has 1 aliphatic carbocycles. The zero-order valence-electron chi connectivity index (χ0n) is 14.2. The van der Waals surface area contributed by atoms with Crippen molar-refractivity contribution in [1.82, 2.24) is 29.5 Å². The number of anilines is 1. The van der Waals surface area contributed by atoms with Crippen LogP contribution in [-0.2, 0) is 0 Å². The number of rotatable bonds is 3. The van der Waals surface area contributed by atoms with E-state index in [4.69, 9.17) is 0 Å². The number of piperazine rings is 1. The van der Waals surface area contributed by atoms with E-state index in [2.05, 4.69) is 25.3 Å². The van der Waals surface area contributed by atoms with Crippen LogP contribution in [0.5, 0.6) is 0 Å². The summed E-state index contributed by atoms with van der Waals surface area (Å²) in [4.78, 5) is 25.2. The van der Waals surface area contributed by atoms with Crippen molar-refractivity contribution in [3.63, 3.8) is 0 Å². The van der Waals surface area contributed by atoms with Crippen LogP contribution in [0.15, 0.2) is 30.9 Å². The Kier molecular flexibility index (Phi) is 4.60. The Morgan fingerprint density at radius 1 is 1.08 bits per heavy atom. The Labute approximate surface area is 146 Å². The Balaban J connectivity index is 1.31. The van der Waals surface area contributed by atoms with Crippen molar-refractivity contribution >= 4 is 11.7 Å². The third kappa shape index (κ3) is 3.63. The molecule has 1 aliphatic heterocycles. The molecule has 2 aromatic rings. The van der Waals surface area contributed by atoms with Crippen LogP contribution in [-0.4, -0.2) is 67.8 Å². The van der Waals surface area contributed by atoms with Crippen molar-refractivity contribution in [1.29, 1.82) is 0 Å². The van der Waals surface area contributed by atoms with Crippen LogP contribution < -0.4 is 5.32 Å². The van der Waals surface area contributed by atoms with E-state index in [0.717, 1.165) is 32.2 Å². The largest absolute Gasteiger partial charge is 0.322 e. The van der Waals surface area contributed by atoms with E-state index in [1.807, 2.05) is 4.90 Å². The third-order valence-corrected chi connectivity index (χ3v) is 5.03. The van der Waals surface area contributed by atoms with E-state index < -0.39 is 0 Å².